The van der Waals surface area contributed by atoms with Crippen molar-refractivity contribution >= 4 is 5.97 Å². The molecule has 2 rings (SSSR count). The quantitative estimate of drug-likeness (QED) is 0.881. The highest BCUT2D eigenvalue weighted by atomic mass is 16.5. The minimum absolute atomic E-state index is 0.310. The summed E-state index contributed by atoms with van der Waals surface area (Å²) in [5.41, 5.74) is 0.906. The number of nitrogens with zero attached hydrogens (tertiary/aromatic N) is 1. The van der Waals surface area contributed by atoms with E-state index >= 15 is 0 Å². The Labute approximate surface area is 114 Å². The van der Waals surface area contributed by atoms with E-state index in [1.165, 1.54) is 5.56 Å². The lowest BCUT2D eigenvalue weighted by atomic mass is 9.81. The van der Waals surface area contributed by atoms with Gasteiger partial charge in [0.1, 0.15) is 0 Å². The third-order valence-electron chi connectivity index (χ3n) is 3.89. The Balaban J connectivity index is 2.08. The first kappa shape index (κ1) is 14.0. The van der Waals surface area contributed by atoms with Crippen LogP contribution < -0.4 is 0 Å². The van der Waals surface area contributed by atoms with Gasteiger partial charge in [0, 0.05) is 32.2 Å². The zero-order valence-electron chi connectivity index (χ0n) is 11.5. The molecule has 0 saturated carbocycles. The van der Waals surface area contributed by atoms with Gasteiger partial charge in [-0.1, -0.05) is 37.3 Å². The van der Waals surface area contributed by atoms with Crippen LogP contribution in [0.1, 0.15) is 12.5 Å². The van der Waals surface area contributed by atoms with Gasteiger partial charge in [-0.25, -0.2) is 0 Å². The lowest BCUT2D eigenvalue weighted by molar-refractivity contribution is -0.145. The Morgan fingerprint density at radius 1 is 1.47 bits per heavy atom. The topological polar surface area (TPSA) is 49.8 Å². The molecule has 2 atom stereocenters. The number of likely N-dealkylation sites (tertiary alicyclic amines) is 1. The Hall–Kier alpha value is -1.39. The number of hydrogen-bond acceptors (Lipinski definition) is 3. The molecule has 1 fully saturated rings. The SMILES string of the molecule is COCC1(C)CN(Cc2ccccc2)CC1C(=O)O. The molecule has 0 aliphatic carbocycles. The van der Waals surface area contributed by atoms with E-state index in [0.717, 1.165) is 13.1 Å². The number of benzene rings is 1. The molecule has 104 valence electrons. The molecular formula is C15H21NO3. The van der Waals surface area contributed by atoms with E-state index in [0.29, 0.717) is 13.2 Å². The zero-order chi connectivity index (χ0) is 13.9. The van der Waals surface area contributed by atoms with Crippen molar-refractivity contribution in [2.24, 2.45) is 11.3 Å². The lowest BCUT2D eigenvalue weighted by Crippen LogP contribution is -2.36. The van der Waals surface area contributed by atoms with Crippen LogP contribution in [0.2, 0.25) is 0 Å². The molecule has 19 heavy (non-hydrogen) atoms. The molecule has 1 aromatic rings. The van der Waals surface area contributed by atoms with Gasteiger partial charge in [0.05, 0.1) is 12.5 Å². The largest absolute Gasteiger partial charge is 0.481 e. The normalized spacial score (nSPS) is 27.6. The molecule has 4 nitrogen and oxygen atoms in total. The van der Waals surface area contributed by atoms with Crippen molar-refractivity contribution in [3.63, 3.8) is 0 Å². The predicted octanol–water partition coefficient (Wildman–Crippen LogP) is 1.86. The van der Waals surface area contributed by atoms with Gasteiger partial charge >= 0.3 is 5.97 Å². The average molecular weight is 263 g/mol. The molecule has 1 saturated heterocycles. The van der Waals surface area contributed by atoms with Gasteiger partial charge in [0.25, 0.3) is 0 Å². The second-order valence-corrected chi connectivity index (χ2v) is 5.63. The summed E-state index contributed by atoms with van der Waals surface area (Å²) in [5, 5.41) is 9.38. The van der Waals surface area contributed by atoms with E-state index in [9.17, 15) is 9.90 Å². The van der Waals surface area contributed by atoms with E-state index in [-0.39, 0.29) is 11.3 Å². The second kappa shape index (κ2) is 5.72. The Morgan fingerprint density at radius 3 is 2.74 bits per heavy atom. The fourth-order valence-corrected chi connectivity index (χ4v) is 2.98. The molecule has 0 aromatic heterocycles. The fourth-order valence-electron chi connectivity index (χ4n) is 2.98. The molecule has 0 radical (unpaired) electrons. The Morgan fingerprint density at radius 2 is 2.16 bits per heavy atom. The van der Waals surface area contributed by atoms with E-state index in [1.807, 2.05) is 25.1 Å². The molecule has 0 bridgehead atoms. The number of methoxy groups -OCH3 is 1. The summed E-state index contributed by atoms with van der Waals surface area (Å²) in [4.78, 5) is 13.6. The van der Waals surface area contributed by atoms with Gasteiger partial charge in [-0.3, -0.25) is 9.69 Å². The van der Waals surface area contributed by atoms with Crippen LogP contribution in [0.5, 0.6) is 0 Å². The van der Waals surface area contributed by atoms with Crippen LogP contribution in [-0.2, 0) is 16.1 Å². The molecule has 2 unspecified atom stereocenters. The highest BCUT2D eigenvalue weighted by Gasteiger charge is 2.46. The van der Waals surface area contributed by atoms with Gasteiger partial charge < -0.3 is 9.84 Å². The van der Waals surface area contributed by atoms with Crippen LogP contribution in [0.15, 0.2) is 30.3 Å². The van der Waals surface area contributed by atoms with Crippen LogP contribution >= 0.6 is 0 Å². The van der Waals surface area contributed by atoms with E-state index < -0.39 is 5.97 Å². The van der Waals surface area contributed by atoms with Gasteiger partial charge in [-0.05, 0) is 5.56 Å². The minimum atomic E-state index is -0.727. The molecule has 4 heteroatoms. The number of aliphatic carboxylic acids is 1. The maximum atomic E-state index is 11.4. The van der Waals surface area contributed by atoms with Crippen molar-refractivity contribution in [1.29, 1.82) is 0 Å². The van der Waals surface area contributed by atoms with Crippen LogP contribution in [0.3, 0.4) is 0 Å². The van der Waals surface area contributed by atoms with Gasteiger partial charge in [0.2, 0.25) is 0 Å². The highest BCUT2D eigenvalue weighted by Crippen LogP contribution is 2.36. The van der Waals surface area contributed by atoms with Crippen molar-refractivity contribution in [3.8, 4) is 0 Å². The van der Waals surface area contributed by atoms with Crippen molar-refractivity contribution in [2.45, 2.75) is 13.5 Å². The summed E-state index contributed by atoms with van der Waals surface area (Å²) in [6, 6.07) is 10.1. The summed E-state index contributed by atoms with van der Waals surface area (Å²) >= 11 is 0. The monoisotopic (exact) mass is 263 g/mol. The number of carboxylic acids is 1. The van der Waals surface area contributed by atoms with Crippen molar-refractivity contribution in [1.82, 2.24) is 4.90 Å². The molecule has 1 aliphatic rings. The van der Waals surface area contributed by atoms with Crippen molar-refractivity contribution in [2.75, 3.05) is 26.8 Å². The summed E-state index contributed by atoms with van der Waals surface area (Å²) in [6.45, 7) is 4.62. The second-order valence-electron chi connectivity index (χ2n) is 5.63. The third-order valence-corrected chi connectivity index (χ3v) is 3.89. The fraction of sp³-hybridized carbons (Fsp3) is 0.533. The van der Waals surface area contributed by atoms with Gasteiger partial charge in [0.15, 0.2) is 0 Å². The van der Waals surface area contributed by atoms with E-state index in [1.54, 1.807) is 7.11 Å². The third kappa shape index (κ3) is 3.14. The zero-order valence-corrected chi connectivity index (χ0v) is 11.5. The number of carboxylic acid groups (broad SMARTS) is 1. The van der Waals surface area contributed by atoms with E-state index in [4.69, 9.17) is 4.74 Å². The first-order chi connectivity index (χ1) is 9.05. The van der Waals surface area contributed by atoms with E-state index in [2.05, 4.69) is 17.0 Å². The summed E-state index contributed by atoms with van der Waals surface area (Å²) in [5.74, 6) is -1.09. The molecular weight excluding hydrogens is 242 g/mol. The predicted molar refractivity (Wildman–Crippen MR) is 72.8 cm³/mol. The van der Waals surface area contributed by atoms with Crippen LogP contribution in [0.25, 0.3) is 0 Å². The maximum Gasteiger partial charge on any atom is 0.308 e. The molecule has 1 aromatic carbocycles. The number of hydrogen-bond donors (Lipinski definition) is 1. The Kier molecular flexibility index (Phi) is 4.22. The molecule has 0 amide bonds. The first-order valence-electron chi connectivity index (χ1n) is 6.53. The van der Waals surface area contributed by atoms with Crippen molar-refractivity contribution in [3.05, 3.63) is 35.9 Å². The highest BCUT2D eigenvalue weighted by molar-refractivity contribution is 5.72. The summed E-state index contributed by atoms with van der Waals surface area (Å²) in [7, 11) is 1.63. The maximum absolute atomic E-state index is 11.4. The Bertz CT molecular complexity index is 434. The number of rotatable bonds is 5. The van der Waals surface area contributed by atoms with Gasteiger partial charge in [-0.15, -0.1) is 0 Å². The minimum Gasteiger partial charge on any atom is -0.481 e. The number of carbonyl (C=O) groups is 1. The standard InChI is InChI=1S/C15H21NO3/c1-15(11-19-2)10-16(9-13(15)14(17)18)8-12-6-4-3-5-7-12/h3-7,13H,8-11H2,1-2H3,(H,17,18). The smallest absolute Gasteiger partial charge is 0.308 e. The van der Waals surface area contributed by atoms with Crippen LogP contribution in [0, 0.1) is 11.3 Å². The average Bonchev–Trinajstić information content (AvgIpc) is 2.68. The summed E-state index contributed by atoms with van der Waals surface area (Å²) < 4.78 is 5.22. The van der Waals surface area contributed by atoms with Gasteiger partial charge in [-0.2, -0.15) is 0 Å². The molecule has 1 aliphatic heterocycles. The first-order valence-corrected chi connectivity index (χ1v) is 6.53. The molecule has 1 N–H and O–H groups in total. The summed E-state index contributed by atoms with van der Waals surface area (Å²) in [6.07, 6.45) is 0. The van der Waals surface area contributed by atoms with Crippen molar-refractivity contribution < 1.29 is 14.6 Å². The molecule has 0 spiro atoms. The lowest BCUT2D eigenvalue weighted by Gasteiger charge is -2.27. The number of ether oxygens (including phenoxy) is 1. The molecule has 1 heterocycles. The van der Waals surface area contributed by atoms with Crippen LogP contribution in [0.4, 0.5) is 0 Å². The van der Waals surface area contributed by atoms with Crippen LogP contribution in [-0.4, -0.2) is 42.8 Å².